The average molecular weight is 352 g/mol. The molecule has 1 N–H and O–H groups in total. The standard InChI is InChI=1S/C19H20N4O3/c20-14-15-3-5-16(6-4-15)21-8-7-18(24)22-9-11-23(12-10-22)19(25)17-2-1-13-26-17/h1-6,13,21H,7-12H2. The Kier molecular flexibility index (Phi) is 5.54. The Morgan fingerprint density at radius 3 is 2.38 bits per heavy atom. The largest absolute Gasteiger partial charge is 0.459 e. The minimum Gasteiger partial charge on any atom is -0.459 e. The van der Waals surface area contributed by atoms with Crippen LogP contribution >= 0.6 is 0 Å². The van der Waals surface area contributed by atoms with Crippen molar-refractivity contribution in [1.82, 2.24) is 9.80 Å². The molecule has 2 heterocycles. The number of rotatable bonds is 5. The van der Waals surface area contributed by atoms with Crippen molar-refractivity contribution in [3.63, 3.8) is 0 Å². The summed E-state index contributed by atoms with van der Waals surface area (Å²) in [7, 11) is 0. The first-order valence-electron chi connectivity index (χ1n) is 8.52. The van der Waals surface area contributed by atoms with E-state index in [1.54, 1.807) is 34.1 Å². The third kappa shape index (κ3) is 4.22. The van der Waals surface area contributed by atoms with E-state index in [1.807, 2.05) is 12.1 Å². The van der Waals surface area contributed by atoms with Crippen LogP contribution in [0.2, 0.25) is 0 Å². The van der Waals surface area contributed by atoms with Gasteiger partial charge in [-0.15, -0.1) is 0 Å². The quantitative estimate of drug-likeness (QED) is 0.888. The van der Waals surface area contributed by atoms with Crippen LogP contribution in [0.15, 0.2) is 47.1 Å². The van der Waals surface area contributed by atoms with Gasteiger partial charge in [0.1, 0.15) is 0 Å². The number of anilines is 1. The Labute approximate surface area is 151 Å². The highest BCUT2D eigenvalue weighted by Crippen LogP contribution is 2.11. The highest BCUT2D eigenvalue weighted by Gasteiger charge is 2.25. The van der Waals surface area contributed by atoms with Gasteiger partial charge in [0, 0.05) is 44.8 Å². The van der Waals surface area contributed by atoms with Crippen LogP contribution in [0.1, 0.15) is 22.5 Å². The maximum absolute atomic E-state index is 12.3. The van der Waals surface area contributed by atoms with Crippen molar-refractivity contribution in [1.29, 1.82) is 5.26 Å². The molecule has 1 aliphatic heterocycles. The second-order valence-corrected chi connectivity index (χ2v) is 6.02. The topological polar surface area (TPSA) is 89.6 Å². The van der Waals surface area contributed by atoms with Crippen LogP contribution < -0.4 is 5.32 Å². The van der Waals surface area contributed by atoms with Gasteiger partial charge in [0.2, 0.25) is 5.91 Å². The number of amides is 2. The molecule has 1 saturated heterocycles. The van der Waals surface area contributed by atoms with Crippen molar-refractivity contribution in [2.45, 2.75) is 6.42 Å². The monoisotopic (exact) mass is 352 g/mol. The zero-order valence-electron chi connectivity index (χ0n) is 14.4. The van der Waals surface area contributed by atoms with Gasteiger partial charge in [0.05, 0.1) is 17.9 Å². The van der Waals surface area contributed by atoms with Crippen LogP contribution in [-0.2, 0) is 4.79 Å². The SMILES string of the molecule is N#Cc1ccc(NCCC(=O)N2CCN(C(=O)c3ccco3)CC2)cc1. The molecule has 3 rings (SSSR count). The van der Waals surface area contributed by atoms with Gasteiger partial charge in [-0.1, -0.05) is 0 Å². The molecule has 2 aromatic rings. The number of nitrogens with one attached hydrogen (secondary N) is 1. The number of nitriles is 1. The lowest BCUT2D eigenvalue weighted by Gasteiger charge is -2.34. The van der Waals surface area contributed by atoms with E-state index in [9.17, 15) is 9.59 Å². The van der Waals surface area contributed by atoms with E-state index < -0.39 is 0 Å². The maximum atomic E-state index is 12.3. The molecule has 134 valence electrons. The summed E-state index contributed by atoms with van der Waals surface area (Å²) in [6, 6.07) is 12.5. The minimum absolute atomic E-state index is 0.0660. The maximum Gasteiger partial charge on any atom is 0.289 e. The summed E-state index contributed by atoms with van der Waals surface area (Å²) in [5.74, 6) is 0.261. The predicted octanol–water partition coefficient (Wildman–Crippen LogP) is 1.94. The summed E-state index contributed by atoms with van der Waals surface area (Å²) >= 11 is 0. The highest BCUT2D eigenvalue weighted by molar-refractivity contribution is 5.91. The Hall–Kier alpha value is -3.27. The van der Waals surface area contributed by atoms with E-state index in [2.05, 4.69) is 11.4 Å². The normalized spacial score (nSPS) is 14.0. The van der Waals surface area contributed by atoms with E-state index >= 15 is 0 Å². The third-order valence-electron chi connectivity index (χ3n) is 4.33. The molecular formula is C19H20N4O3. The summed E-state index contributed by atoms with van der Waals surface area (Å²) < 4.78 is 5.13. The van der Waals surface area contributed by atoms with Gasteiger partial charge in [-0.3, -0.25) is 9.59 Å². The van der Waals surface area contributed by atoms with Gasteiger partial charge in [-0.05, 0) is 36.4 Å². The van der Waals surface area contributed by atoms with Gasteiger partial charge >= 0.3 is 0 Å². The number of hydrogen-bond acceptors (Lipinski definition) is 5. The lowest BCUT2D eigenvalue weighted by Crippen LogP contribution is -2.50. The molecule has 1 aromatic carbocycles. The molecule has 2 amide bonds. The first kappa shape index (κ1) is 17.5. The summed E-state index contributed by atoms with van der Waals surface area (Å²) in [5, 5.41) is 12.0. The van der Waals surface area contributed by atoms with E-state index in [4.69, 9.17) is 9.68 Å². The van der Waals surface area contributed by atoms with Crippen LogP contribution in [0.3, 0.4) is 0 Å². The van der Waals surface area contributed by atoms with E-state index in [1.165, 1.54) is 6.26 Å². The molecule has 0 bridgehead atoms. The molecule has 0 unspecified atom stereocenters. The van der Waals surface area contributed by atoms with Gasteiger partial charge in [0.25, 0.3) is 5.91 Å². The highest BCUT2D eigenvalue weighted by atomic mass is 16.3. The van der Waals surface area contributed by atoms with E-state index in [0.717, 1.165) is 5.69 Å². The van der Waals surface area contributed by atoms with Gasteiger partial charge in [-0.25, -0.2) is 0 Å². The van der Waals surface area contributed by atoms with E-state index in [-0.39, 0.29) is 11.8 Å². The number of furan rings is 1. The summed E-state index contributed by atoms with van der Waals surface area (Å²) in [6.07, 6.45) is 1.86. The summed E-state index contributed by atoms with van der Waals surface area (Å²) in [5.41, 5.74) is 1.49. The molecule has 1 aliphatic rings. The van der Waals surface area contributed by atoms with Crippen molar-refractivity contribution in [2.75, 3.05) is 38.0 Å². The molecule has 26 heavy (non-hydrogen) atoms. The molecule has 0 radical (unpaired) electrons. The zero-order chi connectivity index (χ0) is 18.4. The van der Waals surface area contributed by atoms with Crippen molar-refractivity contribution < 1.29 is 14.0 Å². The van der Waals surface area contributed by atoms with Crippen molar-refractivity contribution in [3.05, 3.63) is 54.0 Å². The molecule has 7 heteroatoms. The second kappa shape index (κ2) is 8.21. The smallest absolute Gasteiger partial charge is 0.289 e. The minimum atomic E-state index is -0.135. The molecule has 0 spiro atoms. The Morgan fingerprint density at radius 2 is 1.77 bits per heavy atom. The number of nitrogens with zero attached hydrogens (tertiary/aromatic N) is 3. The molecule has 7 nitrogen and oxygen atoms in total. The molecule has 1 aromatic heterocycles. The van der Waals surface area contributed by atoms with Crippen LogP contribution in [-0.4, -0.2) is 54.3 Å². The van der Waals surface area contributed by atoms with E-state index in [0.29, 0.717) is 50.5 Å². The van der Waals surface area contributed by atoms with Crippen molar-refractivity contribution in [2.24, 2.45) is 0 Å². The first-order chi connectivity index (χ1) is 12.7. The van der Waals surface area contributed by atoms with Crippen LogP contribution in [0, 0.1) is 11.3 Å². The fourth-order valence-electron chi connectivity index (χ4n) is 2.85. The molecule has 0 aliphatic carbocycles. The van der Waals surface area contributed by atoms with Gasteiger partial charge in [0.15, 0.2) is 5.76 Å². The zero-order valence-corrected chi connectivity index (χ0v) is 14.4. The van der Waals surface area contributed by atoms with Crippen molar-refractivity contribution in [3.8, 4) is 6.07 Å². The van der Waals surface area contributed by atoms with Gasteiger partial charge < -0.3 is 19.5 Å². The van der Waals surface area contributed by atoms with Crippen LogP contribution in [0.4, 0.5) is 5.69 Å². The Morgan fingerprint density at radius 1 is 1.08 bits per heavy atom. The lowest BCUT2D eigenvalue weighted by atomic mass is 10.2. The third-order valence-corrected chi connectivity index (χ3v) is 4.33. The fourth-order valence-corrected chi connectivity index (χ4v) is 2.85. The second-order valence-electron chi connectivity index (χ2n) is 6.02. The first-order valence-corrected chi connectivity index (χ1v) is 8.52. The number of benzene rings is 1. The predicted molar refractivity (Wildman–Crippen MR) is 95.5 cm³/mol. The number of piperazine rings is 1. The van der Waals surface area contributed by atoms with Crippen molar-refractivity contribution >= 4 is 17.5 Å². The van der Waals surface area contributed by atoms with Gasteiger partial charge in [-0.2, -0.15) is 5.26 Å². The lowest BCUT2D eigenvalue weighted by molar-refractivity contribution is -0.132. The summed E-state index contributed by atoms with van der Waals surface area (Å²) in [6.45, 7) is 2.60. The molecular weight excluding hydrogens is 332 g/mol. The average Bonchev–Trinajstić information content (AvgIpc) is 3.23. The Balaban J connectivity index is 1.40. The Bertz CT molecular complexity index is 785. The number of carbonyl (C=O) groups is 2. The summed E-state index contributed by atoms with van der Waals surface area (Å²) in [4.78, 5) is 28.0. The molecule has 1 fully saturated rings. The number of carbonyl (C=O) groups excluding carboxylic acids is 2. The fraction of sp³-hybridized carbons (Fsp3) is 0.316. The van der Waals surface area contributed by atoms with Crippen LogP contribution in [0.5, 0.6) is 0 Å². The molecule has 0 saturated carbocycles. The van der Waals surface area contributed by atoms with Crippen LogP contribution in [0.25, 0.3) is 0 Å². The molecule has 0 atom stereocenters. The number of hydrogen-bond donors (Lipinski definition) is 1.